The van der Waals surface area contributed by atoms with Gasteiger partial charge in [-0.05, 0) is 35.7 Å². The molecule has 32 heavy (non-hydrogen) atoms. The van der Waals surface area contributed by atoms with Gasteiger partial charge in [0.15, 0.2) is 5.75 Å². The third kappa shape index (κ3) is 3.94. The van der Waals surface area contributed by atoms with E-state index in [1.54, 1.807) is 13.2 Å². The fraction of sp³-hybridized carbons (Fsp3) is 0.391. The molecule has 172 valence electrons. The van der Waals surface area contributed by atoms with Crippen LogP contribution in [0.4, 0.5) is 0 Å². The molecule has 0 bridgehead atoms. The van der Waals surface area contributed by atoms with E-state index in [-0.39, 0.29) is 0 Å². The van der Waals surface area contributed by atoms with E-state index in [1.807, 2.05) is 24.3 Å². The summed E-state index contributed by atoms with van der Waals surface area (Å²) in [4.78, 5) is 0. The Labute approximate surface area is 189 Å². The van der Waals surface area contributed by atoms with Crippen LogP contribution >= 0.6 is 11.6 Å². The Hall–Kier alpha value is -2.33. The molecule has 1 saturated heterocycles. The minimum Gasteiger partial charge on any atom is -0.497 e. The van der Waals surface area contributed by atoms with Gasteiger partial charge in [-0.2, -0.15) is 0 Å². The highest BCUT2D eigenvalue weighted by Gasteiger charge is 2.45. The molecule has 9 heteroatoms. The smallest absolute Gasteiger partial charge is 0.166 e. The number of hydrogen-bond acceptors (Lipinski definition) is 8. The molecule has 1 aliphatic heterocycles. The van der Waals surface area contributed by atoms with Crippen molar-refractivity contribution in [1.82, 2.24) is 0 Å². The Morgan fingerprint density at radius 1 is 1.00 bits per heavy atom. The highest BCUT2D eigenvalue weighted by Crippen LogP contribution is 2.44. The number of ether oxygens (including phenoxy) is 3. The fourth-order valence-corrected chi connectivity index (χ4v) is 4.35. The number of hydrogen-bond donors (Lipinski definition) is 4. The van der Waals surface area contributed by atoms with E-state index < -0.39 is 37.1 Å². The van der Waals surface area contributed by atoms with Crippen molar-refractivity contribution in [2.45, 2.75) is 36.9 Å². The van der Waals surface area contributed by atoms with Crippen molar-refractivity contribution in [2.75, 3.05) is 20.8 Å². The first-order valence-electron chi connectivity index (χ1n) is 10.1. The third-order valence-electron chi connectivity index (χ3n) is 5.82. The zero-order valence-corrected chi connectivity index (χ0v) is 18.3. The van der Waals surface area contributed by atoms with Gasteiger partial charge in [0.1, 0.15) is 48.1 Å². The molecule has 0 spiro atoms. The van der Waals surface area contributed by atoms with Gasteiger partial charge in [0.25, 0.3) is 0 Å². The van der Waals surface area contributed by atoms with Crippen LogP contribution in [-0.2, 0) is 11.2 Å². The molecule has 5 atom stereocenters. The Balaban J connectivity index is 1.83. The molecule has 0 aliphatic carbocycles. The molecule has 0 radical (unpaired) electrons. The van der Waals surface area contributed by atoms with Gasteiger partial charge < -0.3 is 39.1 Å². The molecule has 1 aliphatic rings. The molecule has 1 fully saturated rings. The number of aliphatic hydroxyl groups excluding tert-OH is 4. The maximum Gasteiger partial charge on any atom is 0.166 e. The van der Waals surface area contributed by atoms with Crippen LogP contribution in [0.5, 0.6) is 11.5 Å². The van der Waals surface area contributed by atoms with Gasteiger partial charge in [-0.15, -0.1) is 0 Å². The van der Waals surface area contributed by atoms with Crippen LogP contribution in [0.2, 0.25) is 5.02 Å². The summed E-state index contributed by atoms with van der Waals surface area (Å²) < 4.78 is 22.1. The van der Waals surface area contributed by atoms with Gasteiger partial charge in [0.2, 0.25) is 0 Å². The van der Waals surface area contributed by atoms with Crippen molar-refractivity contribution < 1.29 is 39.1 Å². The SMILES string of the molecule is COc1ccc(Cc2cc([C@@H]3O[C@H](CO)[C@@H](O)[C@H](O)[C@H]3O)c3occ(OC)c3c2Cl)cc1. The van der Waals surface area contributed by atoms with Gasteiger partial charge >= 0.3 is 0 Å². The lowest BCUT2D eigenvalue weighted by atomic mass is 9.89. The molecule has 4 N–H and O–H groups in total. The average Bonchev–Trinajstić information content (AvgIpc) is 3.25. The number of methoxy groups -OCH3 is 2. The number of furan rings is 1. The van der Waals surface area contributed by atoms with Crippen LogP contribution in [0.1, 0.15) is 22.8 Å². The summed E-state index contributed by atoms with van der Waals surface area (Å²) in [7, 11) is 3.09. The summed E-state index contributed by atoms with van der Waals surface area (Å²) in [5.41, 5.74) is 2.44. The van der Waals surface area contributed by atoms with Crippen molar-refractivity contribution in [1.29, 1.82) is 0 Å². The van der Waals surface area contributed by atoms with Crippen LogP contribution in [0.25, 0.3) is 11.0 Å². The van der Waals surface area contributed by atoms with Crippen LogP contribution < -0.4 is 9.47 Å². The lowest BCUT2D eigenvalue weighted by Gasteiger charge is -2.40. The standard InChI is InChI=1S/C23H25ClO8/c1-29-13-5-3-11(4-6-13)7-12-8-14(22-17(18(12)24)16(30-2)10-31-22)23-21(28)20(27)19(26)15(9-25)32-23/h3-6,8,10,15,19-21,23,25-28H,7,9H2,1-2H3/t15-,19-,20+,21-,23+/m1/s1. The van der Waals surface area contributed by atoms with Crippen LogP contribution in [0, 0.1) is 0 Å². The van der Waals surface area contributed by atoms with Gasteiger partial charge in [-0.3, -0.25) is 0 Å². The van der Waals surface area contributed by atoms with Crippen molar-refractivity contribution in [2.24, 2.45) is 0 Å². The number of benzene rings is 2. The number of rotatable bonds is 6. The first-order valence-corrected chi connectivity index (χ1v) is 10.5. The quantitative estimate of drug-likeness (QED) is 0.438. The predicted octanol–water partition coefficient (Wildman–Crippen LogP) is 2.21. The monoisotopic (exact) mass is 464 g/mol. The Morgan fingerprint density at radius 2 is 1.72 bits per heavy atom. The molecule has 4 rings (SSSR count). The van der Waals surface area contributed by atoms with Crippen molar-refractivity contribution in [3.05, 3.63) is 58.3 Å². The molecule has 2 heterocycles. The summed E-state index contributed by atoms with van der Waals surface area (Å²) in [5, 5.41) is 41.6. The maximum absolute atomic E-state index is 10.7. The van der Waals surface area contributed by atoms with Gasteiger partial charge in [-0.25, -0.2) is 0 Å². The second-order valence-electron chi connectivity index (χ2n) is 7.72. The van der Waals surface area contributed by atoms with E-state index in [1.165, 1.54) is 13.4 Å². The van der Waals surface area contributed by atoms with E-state index in [4.69, 9.17) is 30.2 Å². The van der Waals surface area contributed by atoms with Crippen LogP contribution in [-0.4, -0.2) is 65.7 Å². The zero-order valence-electron chi connectivity index (χ0n) is 17.6. The van der Waals surface area contributed by atoms with Gasteiger partial charge in [-0.1, -0.05) is 23.7 Å². The zero-order chi connectivity index (χ0) is 23.0. The Morgan fingerprint density at radius 3 is 2.34 bits per heavy atom. The molecular weight excluding hydrogens is 440 g/mol. The van der Waals surface area contributed by atoms with Gasteiger partial charge in [0, 0.05) is 5.56 Å². The highest BCUT2D eigenvalue weighted by atomic mass is 35.5. The number of halogens is 1. The molecule has 3 aromatic rings. The summed E-state index contributed by atoms with van der Waals surface area (Å²) in [6.45, 7) is -0.529. The summed E-state index contributed by atoms with van der Waals surface area (Å²) in [6, 6.07) is 9.26. The molecule has 8 nitrogen and oxygen atoms in total. The van der Waals surface area contributed by atoms with Crippen molar-refractivity contribution in [3.8, 4) is 11.5 Å². The number of fused-ring (bicyclic) bond motifs is 1. The van der Waals surface area contributed by atoms with E-state index in [0.717, 1.165) is 16.9 Å². The molecule has 1 aromatic heterocycles. The van der Waals surface area contributed by atoms with Gasteiger partial charge in [0.05, 0.1) is 31.2 Å². The fourth-order valence-electron chi connectivity index (χ4n) is 4.05. The van der Waals surface area contributed by atoms with Crippen molar-refractivity contribution in [3.63, 3.8) is 0 Å². The summed E-state index contributed by atoms with van der Waals surface area (Å²) in [5.74, 6) is 1.14. The van der Waals surface area contributed by atoms with Crippen molar-refractivity contribution >= 4 is 22.6 Å². The third-order valence-corrected chi connectivity index (χ3v) is 6.25. The maximum atomic E-state index is 10.7. The largest absolute Gasteiger partial charge is 0.497 e. The summed E-state index contributed by atoms with van der Waals surface area (Å²) >= 11 is 6.73. The van der Waals surface area contributed by atoms with Crippen LogP contribution in [0.3, 0.4) is 0 Å². The topological polar surface area (TPSA) is 122 Å². The van der Waals surface area contributed by atoms with E-state index >= 15 is 0 Å². The number of aliphatic hydroxyl groups is 4. The second kappa shape index (κ2) is 9.27. The first kappa shape index (κ1) is 22.8. The molecular formula is C23H25ClO8. The summed E-state index contributed by atoms with van der Waals surface area (Å²) in [6.07, 6.45) is -4.69. The normalized spacial score (nSPS) is 25.8. The predicted molar refractivity (Wildman–Crippen MR) is 116 cm³/mol. The van der Waals surface area contributed by atoms with Crippen LogP contribution in [0.15, 0.2) is 41.0 Å². The minimum atomic E-state index is -1.52. The Bertz CT molecular complexity index is 1080. The lowest BCUT2D eigenvalue weighted by molar-refractivity contribution is -0.231. The highest BCUT2D eigenvalue weighted by molar-refractivity contribution is 6.37. The van der Waals surface area contributed by atoms with E-state index in [0.29, 0.717) is 33.7 Å². The average molecular weight is 465 g/mol. The van der Waals surface area contributed by atoms with E-state index in [9.17, 15) is 20.4 Å². The van der Waals surface area contributed by atoms with E-state index in [2.05, 4.69) is 0 Å². The molecule has 0 unspecified atom stereocenters. The lowest BCUT2D eigenvalue weighted by Crippen LogP contribution is -2.55. The second-order valence-corrected chi connectivity index (χ2v) is 8.10. The minimum absolute atomic E-state index is 0.328. The first-order chi connectivity index (χ1) is 15.4. The molecule has 2 aromatic carbocycles. The Kier molecular flexibility index (Phi) is 6.62. The molecule has 0 amide bonds. The molecule has 0 saturated carbocycles.